The van der Waals surface area contributed by atoms with Crippen molar-refractivity contribution < 1.29 is 10.2 Å². The van der Waals surface area contributed by atoms with Gasteiger partial charge in [0, 0.05) is 21.2 Å². The average molecular weight is 403 g/mol. The summed E-state index contributed by atoms with van der Waals surface area (Å²) in [5.74, 6) is -0.0558. The fourth-order valence-electron chi connectivity index (χ4n) is 1.60. The van der Waals surface area contributed by atoms with Crippen LogP contribution in [0.4, 0.5) is 0 Å². The predicted octanol–water partition coefficient (Wildman–Crippen LogP) is 3.10. The van der Waals surface area contributed by atoms with E-state index in [2.05, 4.69) is 20.7 Å². The molecule has 0 fully saturated rings. The predicted molar refractivity (Wildman–Crippen MR) is 103 cm³/mol. The van der Waals surface area contributed by atoms with Crippen molar-refractivity contribution in [1.29, 1.82) is 0 Å². The second kappa shape index (κ2) is 9.73. The Labute approximate surface area is 159 Å². The van der Waals surface area contributed by atoms with Gasteiger partial charge in [-0.05, 0) is 36.4 Å². The Hall–Kier alpha value is -2.48. The lowest BCUT2D eigenvalue weighted by atomic mass is 10.2. The standard InChI is InChI=1S/C15H13Cl2N5O2.ClH/c16-11-1-3-13(23)9(5-11)7-19-21-15(18)22-20-8-10-6-12(17)2-4-14(10)24;/h1-8,23-24H,(H3,18,21,22);1H/b19-7-,20-8+;. The molecule has 0 amide bonds. The lowest BCUT2D eigenvalue weighted by Crippen LogP contribution is -2.26. The van der Waals surface area contributed by atoms with E-state index in [1.165, 1.54) is 36.7 Å². The van der Waals surface area contributed by atoms with Crippen molar-refractivity contribution in [2.24, 2.45) is 21.0 Å². The van der Waals surface area contributed by atoms with Gasteiger partial charge in [0.05, 0.1) is 12.4 Å². The van der Waals surface area contributed by atoms with Gasteiger partial charge in [0.2, 0.25) is 5.96 Å². The molecular weight excluding hydrogens is 389 g/mol. The van der Waals surface area contributed by atoms with Crippen LogP contribution in [-0.2, 0) is 0 Å². The minimum Gasteiger partial charge on any atom is -0.507 e. The average Bonchev–Trinajstić information content (AvgIpc) is 2.54. The number of hydrazone groups is 1. The topological polar surface area (TPSA) is 116 Å². The van der Waals surface area contributed by atoms with E-state index in [0.29, 0.717) is 21.2 Å². The van der Waals surface area contributed by atoms with Crippen molar-refractivity contribution in [2.75, 3.05) is 0 Å². The number of aromatic hydroxyl groups is 2. The van der Waals surface area contributed by atoms with Crippen LogP contribution < -0.4 is 11.2 Å². The second-order valence-electron chi connectivity index (χ2n) is 4.51. The SMILES string of the molecule is Cl.N/C(=N/N=C/c1cc(Cl)ccc1O)N/N=C\c1cc(Cl)ccc1O. The number of halogens is 3. The zero-order valence-corrected chi connectivity index (χ0v) is 14.9. The summed E-state index contributed by atoms with van der Waals surface area (Å²) in [7, 11) is 0. The van der Waals surface area contributed by atoms with Gasteiger partial charge in [-0.2, -0.15) is 10.2 Å². The van der Waals surface area contributed by atoms with E-state index < -0.39 is 0 Å². The van der Waals surface area contributed by atoms with Crippen LogP contribution in [0.3, 0.4) is 0 Å². The highest BCUT2D eigenvalue weighted by atomic mass is 35.5. The Balaban J connectivity index is 0.00000312. The minimum atomic E-state index is -0.0921. The summed E-state index contributed by atoms with van der Waals surface area (Å²) < 4.78 is 0. The molecule has 7 nitrogen and oxygen atoms in total. The van der Waals surface area contributed by atoms with Gasteiger partial charge in [-0.1, -0.05) is 23.2 Å². The normalized spacial score (nSPS) is 11.7. The van der Waals surface area contributed by atoms with Crippen LogP contribution in [0.2, 0.25) is 10.0 Å². The second-order valence-corrected chi connectivity index (χ2v) is 5.38. The number of nitrogens with two attached hydrogens (primary N) is 1. The molecule has 0 atom stereocenters. The van der Waals surface area contributed by atoms with Gasteiger partial charge < -0.3 is 15.9 Å². The Morgan fingerprint density at radius 2 is 1.48 bits per heavy atom. The fraction of sp³-hybridized carbons (Fsp3) is 0. The van der Waals surface area contributed by atoms with Gasteiger partial charge in [0.1, 0.15) is 11.5 Å². The third-order valence-electron chi connectivity index (χ3n) is 2.72. The molecule has 0 spiro atoms. The molecule has 5 N–H and O–H groups in total. The van der Waals surface area contributed by atoms with Crippen LogP contribution >= 0.6 is 35.6 Å². The summed E-state index contributed by atoms with van der Waals surface area (Å²) in [6.07, 6.45) is 2.62. The first kappa shape index (κ1) is 20.6. The summed E-state index contributed by atoms with van der Waals surface area (Å²) in [5.41, 5.74) is 8.81. The lowest BCUT2D eigenvalue weighted by molar-refractivity contribution is 0.474. The van der Waals surface area contributed by atoms with E-state index in [1.807, 2.05) is 0 Å². The minimum absolute atomic E-state index is 0. The molecule has 2 aromatic rings. The largest absolute Gasteiger partial charge is 0.507 e. The van der Waals surface area contributed by atoms with Gasteiger partial charge in [-0.25, -0.2) is 5.43 Å². The molecule has 25 heavy (non-hydrogen) atoms. The first-order valence-corrected chi connectivity index (χ1v) is 7.34. The number of rotatable bonds is 4. The summed E-state index contributed by atoms with van der Waals surface area (Å²) in [6.45, 7) is 0. The zero-order valence-electron chi connectivity index (χ0n) is 12.6. The van der Waals surface area contributed by atoms with Crippen LogP contribution in [-0.4, -0.2) is 28.6 Å². The molecule has 0 unspecified atom stereocenters. The number of hydrogen-bond donors (Lipinski definition) is 4. The Morgan fingerprint density at radius 1 is 0.960 bits per heavy atom. The molecule has 2 rings (SSSR count). The number of nitrogens with zero attached hydrogens (tertiary/aromatic N) is 3. The van der Waals surface area contributed by atoms with Crippen LogP contribution in [0.1, 0.15) is 11.1 Å². The molecule has 10 heteroatoms. The van der Waals surface area contributed by atoms with Crippen LogP contribution in [0.25, 0.3) is 0 Å². The quantitative estimate of drug-likeness (QED) is 0.357. The van der Waals surface area contributed by atoms with E-state index in [9.17, 15) is 10.2 Å². The molecule has 0 aliphatic heterocycles. The molecule has 0 aromatic heterocycles. The summed E-state index contributed by atoms with van der Waals surface area (Å²) in [5, 5.41) is 31.3. The molecule has 0 saturated heterocycles. The highest BCUT2D eigenvalue weighted by Crippen LogP contribution is 2.20. The Kier molecular flexibility index (Phi) is 8.00. The summed E-state index contributed by atoms with van der Waals surface area (Å²) >= 11 is 11.6. The van der Waals surface area contributed by atoms with Crippen LogP contribution in [0.15, 0.2) is 51.7 Å². The molecule has 0 aliphatic rings. The van der Waals surface area contributed by atoms with Crippen LogP contribution in [0, 0.1) is 0 Å². The van der Waals surface area contributed by atoms with Crippen molar-refractivity contribution >= 4 is 54.0 Å². The first-order valence-electron chi connectivity index (χ1n) is 6.58. The number of guanidine groups is 1. The number of phenols is 2. The highest BCUT2D eigenvalue weighted by molar-refractivity contribution is 6.31. The highest BCUT2D eigenvalue weighted by Gasteiger charge is 1.99. The summed E-state index contributed by atoms with van der Waals surface area (Å²) in [6, 6.07) is 9.06. The third-order valence-corrected chi connectivity index (χ3v) is 3.19. The molecule has 2 aromatic carbocycles. The van der Waals surface area contributed by atoms with Crippen molar-refractivity contribution in [3.8, 4) is 11.5 Å². The van der Waals surface area contributed by atoms with Crippen molar-refractivity contribution in [1.82, 2.24) is 5.43 Å². The fourth-order valence-corrected chi connectivity index (χ4v) is 1.96. The lowest BCUT2D eigenvalue weighted by Gasteiger charge is -2.00. The zero-order chi connectivity index (χ0) is 17.5. The van der Waals surface area contributed by atoms with Crippen LogP contribution in [0.5, 0.6) is 11.5 Å². The molecule has 0 saturated carbocycles. The Bertz CT molecular complexity index is 825. The molecule has 132 valence electrons. The smallest absolute Gasteiger partial charge is 0.234 e. The van der Waals surface area contributed by atoms with E-state index in [-0.39, 0.29) is 29.9 Å². The number of hydrogen-bond acceptors (Lipinski definition) is 5. The number of benzene rings is 2. The number of nitrogens with one attached hydrogen (secondary N) is 1. The van der Waals surface area contributed by atoms with Crippen molar-refractivity contribution in [2.45, 2.75) is 0 Å². The summed E-state index contributed by atoms with van der Waals surface area (Å²) in [4.78, 5) is 0. The van der Waals surface area contributed by atoms with E-state index in [0.717, 1.165) is 0 Å². The first-order chi connectivity index (χ1) is 11.5. The molecule has 0 bridgehead atoms. The van der Waals surface area contributed by atoms with Crippen molar-refractivity contribution in [3.05, 3.63) is 57.6 Å². The Morgan fingerprint density at radius 3 is 2.04 bits per heavy atom. The van der Waals surface area contributed by atoms with E-state index in [1.54, 1.807) is 12.1 Å². The molecule has 0 aliphatic carbocycles. The maximum absolute atomic E-state index is 9.62. The van der Waals surface area contributed by atoms with Gasteiger partial charge in [0.25, 0.3) is 0 Å². The van der Waals surface area contributed by atoms with Gasteiger partial charge >= 0.3 is 0 Å². The maximum atomic E-state index is 9.62. The van der Waals surface area contributed by atoms with Gasteiger partial charge in [0.15, 0.2) is 0 Å². The van der Waals surface area contributed by atoms with E-state index in [4.69, 9.17) is 28.9 Å². The van der Waals surface area contributed by atoms with Crippen molar-refractivity contribution in [3.63, 3.8) is 0 Å². The molecule has 0 heterocycles. The number of phenolic OH excluding ortho intramolecular Hbond substituents is 2. The molecule has 0 radical (unpaired) electrons. The monoisotopic (exact) mass is 401 g/mol. The van der Waals surface area contributed by atoms with Gasteiger partial charge in [-0.15, -0.1) is 17.5 Å². The van der Waals surface area contributed by atoms with Gasteiger partial charge in [-0.3, -0.25) is 0 Å². The maximum Gasteiger partial charge on any atom is 0.234 e. The van der Waals surface area contributed by atoms with E-state index >= 15 is 0 Å². The third kappa shape index (κ3) is 6.50. The molecular formula is C15H14Cl3N5O2.